The average Bonchev–Trinajstić information content (AvgIpc) is 2.71. The zero-order valence-electron chi connectivity index (χ0n) is 16.2. The lowest BCUT2D eigenvalue weighted by Gasteiger charge is -2.38. The molecule has 5 unspecified atom stereocenters. The topological polar surface area (TPSA) is 170 Å². The van der Waals surface area contributed by atoms with Crippen LogP contribution in [-0.2, 0) is 4.74 Å². The van der Waals surface area contributed by atoms with Gasteiger partial charge in [0.05, 0.1) is 6.10 Å². The van der Waals surface area contributed by atoms with E-state index in [0.717, 1.165) is 12.1 Å². The van der Waals surface area contributed by atoms with E-state index in [1.54, 1.807) is 0 Å². The minimum absolute atomic E-state index is 0.133. The molecule has 10 nitrogen and oxygen atoms in total. The highest BCUT2D eigenvalue weighted by atomic mass is 16.7. The Labute approximate surface area is 174 Å². The van der Waals surface area contributed by atoms with Crippen LogP contribution in [-0.4, -0.2) is 61.3 Å². The Bertz CT molecular complexity index is 1190. The molecule has 6 N–H and O–H groups in total. The zero-order valence-corrected chi connectivity index (χ0v) is 16.2. The molecule has 0 radical (unpaired) electrons. The number of benzene rings is 2. The standard InChI is InChI=1S/C21H20O10/c1-8-15(25)17(27)18(28)21(29-8)31-20-16(26)14-12(24)6-11(23)7-13(14)30-19(20)9-3-2-4-10(22)5-9/h2-8,15,17-18,21-25,27-28H,1H3. The molecule has 0 bridgehead atoms. The molecule has 1 aliphatic rings. The van der Waals surface area contributed by atoms with E-state index in [2.05, 4.69) is 0 Å². The molecule has 31 heavy (non-hydrogen) atoms. The molecule has 0 amide bonds. The molecular formula is C21H20O10. The van der Waals surface area contributed by atoms with Crippen LogP contribution in [0.4, 0.5) is 0 Å². The van der Waals surface area contributed by atoms with Gasteiger partial charge >= 0.3 is 0 Å². The molecule has 2 heterocycles. The van der Waals surface area contributed by atoms with Crippen molar-refractivity contribution < 1.29 is 44.5 Å². The molecule has 3 aromatic rings. The third-order valence-corrected chi connectivity index (χ3v) is 5.07. The van der Waals surface area contributed by atoms with E-state index in [4.69, 9.17) is 13.9 Å². The molecule has 10 heteroatoms. The number of aliphatic hydroxyl groups excluding tert-OH is 3. The molecule has 1 saturated heterocycles. The fraction of sp³-hybridized carbons (Fsp3) is 0.286. The van der Waals surface area contributed by atoms with Crippen LogP contribution in [0.3, 0.4) is 0 Å². The molecule has 0 saturated carbocycles. The van der Waals surface area contributed by atoms with E-state index in [1.807, 2.05) is 0 Å². The number of fused-ring (bicyclic) bond motifs is 1. The van der Waals surface area contributed by atoms with E-state index < -0.39 is 47.6 Å². The lowest BCUT2D eigenvalue weighted by atomic mass is 10.00. The van der Waals surface area contributed by atoms with Gasteiger partial charge in [0.2, 0.25) is 17.5 Å². The largest absolute Gasteiger partial charge is 0.508 e. The predicted molar refractivity (Wildman–Crippen MR) is 106 cm³/mol. The third kappa shape index (κ3) is 3.66. The summed E-state index contributed by atoms with van der Waals surface area (Å²) in [6.07, 6.45) is -7.16. The Morgan fingerprint density at radius 3 is 2.39 bits per heavy atom. The number of phenolic OH excluding ortho intramolecular Hbond substituents is 3. The molecule has 0 aliphatic carbocycles. The molecule has 0 spiro atoms. The SMILES string of the molecule is CC1OC(Oc2c(-c3cccc(O)c3)oc3cc(O)cc(O)c3c2=O)C(O)C(O)C1O. The third-order valence-electron chi connectivity index (χ3n) is 5.07. The maximum atomic E-state index is 13.2. The van der Waals surface area contributed by atoms with E-state index in [0.29, 0.717) is 0 Å². The summed E-state index contributed by atoms with van der Waals surface area (Å²) in [4.78, 5) is 13.2. The minimum atomic E-state index is -1.70. The summed E-state index contributed by atoms with van der Waals surface area (Å²) in [5, 5.41) is 59.6. The highest BCUT2D eigenvalue weighted by Gasteiger charge is 2.44. The normalized spacial score (nSPS) is 26.1. The maximum absolute atomic E-state index is 13.2. The summed E-state index contributed by atoms with van der Waals surface area (Å²) >= 11 is 0. The lowest BCUT2D eigenvalue weighted by molar-refractivity contribution is -0.268. The first kappa shape index (κ1) is 20.9. The summed E-state index contributed by atoms with van der Waals surface area (Å²) < 4.78 is 16.7. The van der Waals surface area contributed by atoms with Gasteiger partial charge in [-0.05, 0) is 19.1 Å². The summed E-state index contributed by atoms with van der Waals surface area (Å²) in [5.41, 5.74) is -0.779. The number of aliphatic hydroxyl groups is 3. The van der Waals surface area contributed by atoms with Gasteiger partial charge in [0.25, 0.3) is 0 Å². The monoisotopic (exact) mass is 432 g/mol. The second kappa shape index (κ2) is 7.75. The smallest absolute Gasteiger partial charge is 0.239 e. The van der Waals surface area contributed by atoms with Gasteiger partial charge in [-0.15, -0.1) is 0 Å². The Balaban J connectivity index is 1.91. The zero-order chi connectivity index (χ0) is 22.4. The van der Waals surface area contributed by atoms with Crippen LogP contribution in [0.5, 0.6) is 23.0 Å². The van der Waals surface area contributed by atoms with Crippen LogP contribution in [0.25, 0.3) is 22.3 Å². The van der Waals surface area contributed by atoms with E-state index in [9.17, 15) is 35.4 Å². The number of rotatable bonds is 3. The first-order chi connectivity index (χ1) is 14.7. The lowest BCUT2D eigenvalue weighted by Crippen LogP contribution is -2.58. The number of aromatic hydroxyl groups is 3. The molecule has 5 atom stereocenters. The molecule has 1 fully saturated rings. The Morgan fingerprint density at radius 2 is 1.68 bits per heavy atom. The average molecular weight is 432 g/mol. The fourth-order valence-corrected chi connectivity index (χ4v) is 3.44. The van der Waals surface area contributed by atoms with Crippen LogP contribution < -0.4 is 10.2 Å². The Hall–Kier alpha value is -3.31. The van der Waals surface area contributed by atoms with Crippen LogP contribution in [0, 0.1) is 0 Å². The van der Waals surface area contributed by atoms with E-state index in [-0.39, 0.29) is 33.8 Å². The second-order valence-corrected chi connectivity index (χ2v) is 7.28. The molecule has 1 aromatic heterocycles. The Morgan fingerprint density at radius 1 is 0.935 bits per heavy atom. The number of phenols is 3. The first-order valence-electron chi connectivity index (χ1n) is 9.36. The number of hydrogen-bond acceptors (Lipinski definition) is 10. The first-order valence-corrected chi connectivity index (χ1v) is 9.36. The van der Waals surface area contributed by atoms with Gasteiger partial charge in [0.1, 0.15) is 46.5 Å². The molecule has 2 aromatic carbocycles. The van der Waals surface area contributed by atoms with Crippen molar-refractivity contribution in [3.8, 4) is 34.3 Å². The van der Waals surface area contributed by atoms with Gasteiger partial charge in [0.15, 0.2) is 5.76 Å². The summed E-state index contributed by atoms with van der Waals surface area (Å²) in [6.45, 7) is 1.45. The van der Waals surface area contributed by atoms with Crippen LogP contribution in [0.2, 0.25) is 0 Å². The van der Waals surface area contributed by atoms with Crippen molar-refractivity contribution in [1.29, 1.82) is 0 Å². The van der Waals surface area contributed by atoms with Gasteiger partial charge in [-0.1, -0.05) is 12.1 Å². The highest BCUT2D eigenvalue weighted by Crippen LogP contribution is 2.37. The molecule has 4 rings (SSSR count). The highest BCUT2D eigenvalue weighted by molar-refractivity contribution is 5.88. The molecule has 164 valence electrons. The van der Waals surface area contributed by atoms with E-state index in [1.165, 1.54) is 31.2 Å². The quantitative estimate of drug-likeness (QED) is 0.348. The van der Waals surface area contributed by atoms with Crippen molar-refractivity contribution in [3.05, 3.63) is 46.6 Å². The van der Waals surface area contributed by atoms with Crippen LogP contribution in [0.15, 0.2) is 45.6 Å². The van der Waals surface area contributed by atoms with Crippen molar-refractivity contribution in [3.63, 3.8) is 0 Å². The number of hydrogen-bond donors (Lipinski definition) is 6. The Kier molecular flexibility index (Phi) is 5.23. The molecule has 1 aliphatic heterocycles. The van der Waals surface area contributed by atoms with Crippen molar-refractivity contribution in [2.75, 3.05) is 0 Å². The van der Waals surface area contributed by atoms with Gasteiger partial charge in [-0.25, -0.2) is 0 Å². The summed E-state index contributed by atoms with van der Waals surface area (Å²) in [7, 11) is 0. The van der Waals surface area contributed by atoms with Gasteiger partial charge < -0.3 is 44.5 Å². The van der Waals surface area contributed by atoms with Crippen LogP contribution >= 0.6 is 0 Å². The fourth-order valence-electron chi connectivity index (χ4n) is 3.44. The molecular weight excluding hydrogens is 412 g/mol. The summed E-state index contributed by atoms with van der Waals surface area (Å²) in [6, 6.07) is 7.77. The van der Waals surface area contributed by atoms with Gasteiger partial charge in [-0.2, -0.15) is 0 Å². The van der Waals surface area contributed by atoms with Gasteiger partial charge in [-0.3, -0.25) is 4.79 Å². The second-order valence-electron chi connectivity index (χ2n) is 7.28. The van der Waals surface area contributed by atoms with Gasteiger partial charge in [0, 0.05) is 17.7 Å². The van der Waals surface area contributed by atoms with Crippen molar-refractivity contribution in [2.45, 2.75) is 37.6 Å². The van der Waals surface area contributed by atoms with Crippen molar-refractivity contribution in [2.24, 2.45) is 0 Å². The van der Waals surface area contributed by atoms with Crippen molar-refractivity contribution >= 4 is 11.0 Å². The minimum Gasteiger partial charge on any atom is -0.508 e. The van der Waals surface area contributed by atoms with Crippen LogP contribution in [0.1, 0.15) is 6.92 Å². The maximum Gasteiger partial charge on any atom is 0.239 e. The number of ether oxygens (including phenoxy) is 2. The summed E-state index contributed by atoms with van der Waals surface area (Å²) in [5.74, 6) is -1.70. The van der Waals surface area contributed by atoms with E-state index >= 15 is 0 Å². The van der Waals surface area contributed by atoms with Crippen molar-refractivity contribution in [1.82, 2.24) is 0 Å². The predicted octanol–water partition coefficient (Wildman–Crippen LogP) is 0.783.